The zero-order valence-corrected chi connectivity index (χ0v) is 16.9. The first-order valence-electron chi connectivity index (χ1n) is 9.70. The molecular formula is C22H28N2O2S. The van der Waals surface area contributed by atoms with Gasteiger partial charge in [-0.25, -0.2) is 0 Å². The Kier molecular flexibility index (Phi) is 6.00. The molecule has 0 aliphatic carbocycles. The second-order valence-corrected chi connectivity index (χ2v) is 8.47. The van der Waals surface area contributed by atoms with E-state index in [1.807, 2.05) is 24.8 Å². The monoisotopic (exact) mass is 384 g/mol. The zero-order valence-electron chi connectivity index (χ0n) is 16.1. The lowest BCUT2D eigenvalue weighted by Crippen LogP contribution is -2.43. The van der Waals surface area contributed by atoms with Crippen molar-refractivity contribution in [3.05, 3.63) is 47.3 Å². The highest BCUT2D eigenvalue weighted by atomic mass is 32.1. The number of rotatable bonds is 7. The molecule has 144 valence electrons. The minimum absolute atomic E-state index is 0.0405. The summed E-state index contributed by atoms with van der Waals surface area (Å²) in [6.45, 7) is 5.13. The van der Waals surface area contributed by atoms with Gasteiger partial charge in [0.25, 0.3) is 0 Å². The molecule has 1 aromatic heterocycles. The van der Waals surface area contributed by atoms with E-state index < -0.39 is 5.41 Å². The van der Waals surface area contributed by atoms with Crippen LogP contribution < -0.4 is 5.73 Å². The largest absolute Gasteiger partial charge is 0.369 e. The molecule has 5 heteroatoms. The van der Waals surface area contributed by atoms with Gasteiger partial charge >= 0.3 is 0 Å². The topological polar surface area (TPSA) is 63.4 Å². The van der Waals surface area contributed by atoms with Crippen LogP contribution >= 0.6 is 11.3 Å². The van der Waals surface area contributed by atoms with Crippen LogP contribution in [0, 0.1) is 11.3 Å². The van der Waals surface area contributed by atoms with Crippen molar-refractivity contribution in [1.82, 2.24) is 4.90 Å². The third-order valence-electron chi connectivity index (χ3n) is 5.83. The highest BCUT2D eigenvalue weighted by Crippen LogP contribution is 2.36. The van der Waals surface area contributed by atoms with E-state index in [2.05, 4.69) is 35.7 Å². The van der Waals surface area contributed by atoms with Gasteiger partial charge in [-0.05, 0) is 48.3 Å². The SMILES string of the molecule is CCC(CC)C(=O)N1CC[C@@](Cc2ccc(-c3cccs3)cc2)(C(N)=O)C1. The Morgan fingerprint density at radius 1 is 1.19 bits per heavy atom. The summed E-state index contributed by atoms with van der Waals surface area (Å²) in [6.07, 6.45) is 2.89. The molecule has 1 saturated heterocycles. The smallest absolute Gasteiger partial charge is 0.225 e. The summed E-state index contributed by atoms with van der Waals surface area (Å²) >= 11 is 1.71. The molecule has 0 unspecified atom stereocenters. The van der Waals surface area contributed by atoms with Gasteiger partial charge in [0.05, 0.1) is 5.41 Å². The number of hydrogen-bond acceptors (Lipinski definition) is 3. The number of nitrogens with zero attached hydrogens (tertiary/aromatic N) is 1. The molecule has 1 fully saturated rings. The number of amides is 2. The second kappa shape index (κ2) is 8.26. The van der Waals surface area contributed by atoms with Gasteiger partial charge in [0.15, 0.2) is 0 Å². The minimum Gasteiger partial charge on any atom is -0.369 e. The van der Waals surface area contributed by atoms with E-state index in [4.69, 9.17) is 5.73 Å². The van der Waals surface area contributed by atoms with Crippen LogP contribution in [0.1, 0.15) is 38.7 Å². The first-order valence-corrected chi connectivity index (χ1v) is 10.6. The fraction of sp³-hybridized carbons (Fsp3) is 0.455. The van der Waals surface area contributed by atoms with Gasteiger partial charge in [0.2, 0.25) is 11.8 Å². The van der Waals surface area contributed by atoms with Crippen LogP contribution in [0.3, 0.4) is 0 Å². The van der Waals surface area contributed by atoms with E-state index >= 15 is 0 Å². The van der Waals surface area contributed by atoms with Gasteiger partial charge in [0.1, 0.15) is 0 Å². The molecule has 2 amide bonds. The average molecular weight is 385 g/mol. The Morgan fingerprint density at radius 3 is 2.44 bits per heavy atom. The van der Waals surface area contributed by atoms with Gasteiger partial charge in [0, 0.05) is 23.9 Å². The summed E-state index contributed by atoms with van der Waals surface area (Å²) in [5, 5.41) is 2.06. The van der Waals surface area contributed by atoms with Crippen molar-refractivity contribution in [2.24, 2.45) is 17.1 Å². The van der Waals surface area contributed by atoms with Crippen LogP contribution in [0.25, 0.3) is 10.4 Å². The maximum atomic E-state index is 12.7. The molecule has 4 nitrogen and oxygen atoms in total. The van der Waals surface area contributed by atoms with Crippen molar-refractivity contribution in [2.45, 2.75) is 39.5 Å². The van der Waals surface area contributed by atoms with E-state index in [9.17, 15) is 9.59 Å². The Bertz CT molecular complexity index is 781. The van der Waals surface area contributed by atoms with Gasteiger partial charge in [-0.3, -0.25) is 9.59 Å². The molecular weight excluding hydrogens is 356 g/mol. The highest BCUT2D eigenvalue weighted by molar-refractivity contribution is 7.13. The number of thiophene rings is 1. The summed E-state index contributed by atoms with van der Waals surface area (Å²) in [6, 6.07) is 12.5. The van der Waals surface area contributed by atoms with E-state index in [0.29, 0.717) is 25.9 Å². The Morgan fingerprint density at radius 2 is 1.89 bits per heavy atom. The number of hydrogen-bond donors (Lipinski definition) is 1. The Hall–Kier alpha value is -2.14. The number of primary amides is 1. The van der Waals surface area contributed by atoms with Gasteiger partial charge in [-0.2, -0.15) is 0 Å². The van der Waals surface area contributed by atoms with Crippen LogP contribution in [-0.4, -0.2) is 29.8 Å². The predicted molar refractivity (Wildman–Crippen MR) is 110 cm³/mol. The summed E-state index contributed by atoms with van der Waals surface area (Å²) in [7, 11) is 0. The number of benzene rings is 1. The Balaban J connectivity index is 1.74. The molecule has 3 rings (SSSR count). The second-order valence-electron chi connectivity index (χ2n) is 7.52. The van der Waals surface area contributed by atoms with Gasteiger partial charge in [-0.1, -0.05) is 44.2 Å². The molecule has 0 bridgehead atoms. The van der Waals surface area contributed by atoms with Crippen molar-refractivity contribution in [3.8, 4) is 10.4 Å². The number of likely N-dealkylation sites (tertiary alicyclic amines) is 1. The first-order chi connectivity index (χ1) is 13.0. The normalized spacial score (nSPS) is 19.6. The lowest BCUT2D eigenvalue weighted by molar-refractivity contribution is -0.135. The van der Waals surface area contributed by atoms with Crippen molar-refractivity contribution >= 4 is 23.2 Å². The molecule has 27 heavy (non-hydrogen) atoms. The standard InChI is InChI=1S/C22H28N2O2S/c1-3-17(4-2)20(25)24-12-11-22(15-24,21(23)26)14-16-7-9-18(10-8-16)19-6-5-13-27-19/h5-10,13,17H,3-4,11-12,14-15H2,1-2H3,(H2,23,26)/t22-/m0/s1. The van der Waals surface area contributed by atoms with Crippen molar-refractivity contribution in [1.29, 1.82) is 0 Å². The summed E-state index contributed by atoms with van der Waals surface area (Å²) in [5.74, 6) is -0.0976. The average Bonchev–Trinajstić information content (AvgIpc) is 3.34. The lowest BCUT2D eigenvalue weighted by atomic mass is 9.80. The van der Waals surface area contributed by atoms with Crippen LogP contribution in [-0.2, 0) is 16.0 Å². The number of carbonyl (C=O) groups excluding carboxylic acids is 2. The summed E-state index contributed by atoms with van der Waals surface area (Å²) < 4.78 is 0. The number of nitrogens with two attached hydrogens (primary N) is 1. The maximum Gasteiger partial charge on any atom is 0.225 e. The molecule has 2 aromatic rings. The third kappa shape index (κ3) is 4.08. The minimum atomic E-state index is -0.661. The molecule has 0 spiro atoms. The molecule has 2 heterocycles. The van der Waals surface area contributed by atoms with Crippen LogP contribution in [0.5, 0.6) is 0 Å². The van der Waals surface area contributed by atoms with Crippen molar-refractivity contribution in [3.63, 3.8) is 0 Å². The first kappa shape index (κ1) is 19.6. The van der Waals surface area contributed by atoms with Crippen molar-refractivity contribution in [2.75, 3.05) is 13.1 Å². The van der Waals surface area contributed by atoms with E-state index in [1.54, 1.807) is 11.3 Å². The van der Waals surface area contributed by atoms with E-state index in [-0.39, 0.29) is 17.7 Å². The quantitative estimate of drug-likeness (QED) is 0.781. The van der Waals surface area contributed by atoms with Crippen LogP contribution in [0.15, 0.2) is 41.8 Å². The van der Waals surface area contributed by atoms with Gasteiger partial charge < -0.3 is 10.6 Å². The predicted octanol–water partition coefficient (Wildman–Crippen LogP) is 4.10. The van der Waals surface area contributed by atoms with Gasteiger partial charge in [-0.15, -0.1) is 11.3 Å². The van der Waals surface area contributed by atoms with Crippen LogP contribution in [0.4, 0.5) is 0 Å². The lowest BCUT2D eigenvalue weighted by Gasteiger charge is -2.27. The van der Waals surface area contributed by atoms with E-state index in [1.165, 1.54) is 10.4 Å². The zero-order chi connectivity index (χ0) is 19.4. The molecule has 1 aromatic carbocycles. The van der Waals surface area contributed by atoms with Crippen molar-refractivity contribution < 1.29 is 9.59 Å². The van der Waals surface area contributed by atoms with Crippen LogP contribution in [0.2, 0.25) is 0 Å². The molecule has 1 aliphatic rings. The van der Waals surface area contributed by atoms with E-state index in [0.717, 1.165) is 18.4 Å². The molecule has 0 radical (unpaired) electrons. The fourth-order valence-electron chi connectivity index (χ4n) is 4.01. The number of carbonyl (C=O) groups is 2. The summed E-state index contributed by atoms with van der Waals surface area (Å²) in [4.78, 5) is 28.1. The Labute approximate surface area is 165 Å². The maximum absolute atomic E-state index is 12.7. The summed E-state index contributed by atoms with van der Waals surface area (Å²) in [5.41, 5.74) is 7.42. The third-order valence-corrected chi connectivity index (χ3v) is 6.74. The molecule has 1 aliphatic heterocycles. The molecule has 0 saturated carbocycles. The fourth-order valence-corrected chi connectivity index (χ4v) is 4.74. The molecule has 1 atom stereocenters. The molecule has 2 N–H and O–H groups in total. The highest BCUT2D eigenvalue weighted by Gasteiger charge is 2.45.